The van der Waals surface area contributed by atoms with Crippen molar-refractivity contribution in [1.82, 2.24) is 9.29 Å². The van der Waals surface area contributed by atoms with E-state index in [2.05, 4.69) is 9.88 Å². The molecule has 0 unspecified atom stereocenters. The Kier molecular flexibility index (Phi) is 7.00. The summed E-state index contributed by atoms with van der Waals surface area (Å²) < 4.78 is 36.9. The largest absolute Gasteiger partial charge is 0.485 e. The quantitative estimate of drug-likeness (QED) is 0.458. The van der Waals surface area contributed by atoms with Crippen LogP contribution in [0.15, 0.2) is 59.8 Å². The van der Waals surface area contributed by atoms with Crippen molar-refractivity contribution < 1.29 is 22.8 Å². The van der Waals surface area contributed by atoms with Crippen LogP contribution in [0.3, 0.4) is 0 Å². The minimum Gasteiger partial charge on any atom is -0.485 e. The normalized spacial score (nSPS) is 21.8. The van der Waals surface area contributed by atoms with Crippen molar-refractivity contribution in [3.05, 3.63) is 71.3 Å². The molecule has 1 saturated heterocycles. The van der Waals surface area contributed by atoms with Crippen molar-refractivity contribution in [2.24, 2.45) is 7.05 Å². The molecule has 2 aliphatic rings. The van der Waals surface area contributed by atoms with Crippen molar-refractivity contribution >= 4 is 27.3 Å². The zero-order valence-corrected chi connectivity index (χ0v) is 23.0. The van der Waals surface area contributed by atoms with E-state index < -0.39 is 27.8 Å². The number of sulfonamides is 1. The molecule has 0 radical (unpaired) electrons. The van der Waals surface area contributed by atoms with Gasteiger partial charge in [-0.2, -0.15) is 4.31 Å². The molecule has 10 heteroatoms. The highest BCUT2D eigenvalue weighted by atomic mass is 35.5. The van der Waals surface area contributed by atoms with Crippen molar-refractivity contribution in [3.8, 4) is 5.75 Å². The smallest absolute Gasteiger partial charge is 0.273 e. The summed E-state index contributed by atoms with van der Waals surface area (Å²) in [5, 5.41) is 12.3. The van der Waals surface area contributed by atoms with E-state index in [1.165, 1.54) is 0 Å². The number of aromatic amines is 1. The molecule has 37 heavy (non-hydrogen) atoms. The number of benzene rings is 2. The Bertz CT molecular complexity index is 1370. The third-order valence-electron chi connectivity index (χ3n) is 7.43. The fourth-order valence-corrected chi connectivity index (χ4v) is 6.92. The molecular formula is C27H34ClN4O4S+. The molecule has 5 rings (SSSR count). The highest BCUT2D eigenvalue weighted by Gasteiger charge is 2.46. The van der Waals surface area contributed by atoms with Crippen LogP contribution in [0.25, 0.3) is 0 Å². The van der Waals surface area contributed by atoms with E-state index in [-0.39, 0.29) is 4.90 Å². The molecule has 198 valence electrons. The molecule has 0 amide bonds. The first-order valence-electron chi connectivity index (χ1n) is 12.6. The summed E-state index contributed by atoms with van der Waals surface area (Å²) >= 11 is 6.20. The number of hydrogen-bond acceptors (Lipinski definition) is 5. The molecule has 0 bridgehead atoms. The van der Waals surface area contributed by atoms with Crippen LogP contribution in [0, 0.1) is 0 Å². The van der Waals surface area contributed by atoms with Gasteiger partial charge in [0.2, 0.25) is 10.0 Å². The van der Waals surface area contributed by atoms with Gasteiger partial charge in [-0.3, -0.25) is 0 Å². The van der Waals surface area contributed by atoms with Gasteiger partial charge < -0.3 is 14.7 Å². The maximum atomic E-state index is 13.6. The summed E-state index contributed by atoms with van der Waals surface area (Å²) in [6.45, 7) is 5.18. The summed E-state index contributed by atoms with van der Waals surface area (Å²) in [4.78, 5) is 5.57. The third-order valence-corrected chi connectivity index (χ3v) is 9.57. The van der Waals surface area contributed by atoms with Gasteiger partial charge in [0.25, 0.3) is 5.82 Å². The first kappa shape index (κ1) is 26.0. The van der Waals surface area contributed by atoms with Crippen molar-refractivity contribution in [2.75, 3.05) is 18.0 Å². The molecule has 3 heterocycles. The standard InChI is InChI=1S/C27H33ClN4O4S/c1-27(2)26(33)25(32(18-24-29-13-16-30(24)3)20-9-7-19(28)8-10-20)22-17-21(11-12-23(22)36-27)37(34,35)31-14-5-4-6-15-31/h7-13,16-17,25-26,33H,4-6,14-15,18H2,1-3H3/p+1/t25-,26+/m1/s1. The Morgan fingerprint density at radius 1 is 1.16 bits per heavy atom. The van der Waals surface area contributed by atoms with Crippen LogP contribution < -0.4 is 14.2 Å². The van der Waals surface area contributed by atoms with Crippen molar-refractivity contribution in [3.63, 3.8) is 0 Å². The number of aromatic nitrogens is 2. The van der Waals surface area contributed by atoms with Crippen LogP contribution in [0.1, 0.15) is 50.5 Å². The summed E-state index contributed by atoms with van der Waals surface area (Å²) in [6.07, 6.45) is 5.60. The van der Waals surface area contributed by atoms with Crippen LogP contribution in [0.4, 0.5) is 5.69 Å². The number of fused-ring (bicyclic) bond motifs is 1. The molecule has 8 nitrogen and oxygen atoms in total. The lowest BCUT2D eigenvalue weighted by atomic mass is 9.85. The third kappa shape index (κ3) is 4.97. The second-order valence-electron chi connectivity index (χ2n) is 10.4. The highest BCUT2D eigenvalue weighted by molar-refractivity contribution is 7.89. The molecule has 1 aromatic heterocycles. The lowest BCUT2D eigenvalue weighted by Crippen LogP contribution is -2.54. The number of aliphatic hydroxyl groups is 1. The Labute approximate surface area is 223 Å². The molecular weight excluding hydrogens is 512 g/mol. The van der Waals surface area contributed by atoms with E-state index in [9.17, 15) is 13.5 Å². The zero-order chi connectivity index (χ0) is 26.4. The maximum Gasteiger partial charge on any atom is 0.273 e. The topological polar surface area (TPSA) is 89.8 Å². The maximum absolute atomic E-state index is 13.6. The molecule has 3 aromatic rings. The van der Waals surface area contributed by atoms with Gasteiger partial charge in [0.15, 0.2) is 0 Å². The number of hydrogen-bond donors (Lipinski definition) is 2. The number of anilines is 1. The van der Waals surface area contributed by atoms with Crippen LogP contribution in [-0.2, 0) is 23.6 Å². The number of ether oxygens (including phenoxy) is 1. The van der Waals surface area contributed by atoms with Gasteiger partial charge in [0, 0.05) is 29.4 Å². The molecule has 0 spiro atoms. The fraction of sp³-hybridized carbons (Fsp3) is 0.444. The second kappa shape index (κ2) is 9.94. The highest BCUT2D eigenvalue weighted by Crippen LogP contribution is 2.46. The monoisotopic (exact) mass is 545 g/mol. The first-order chi connectivity index (χ1) is 17.6. The average Bonchev–Trinajstić information content (AvgIpc) is 3.28. The average molecular weight is 546 g/mol. The van der Waals surface area contributed by atoms with Crippen LogP contribution >= 0.6 is 11.6 Å². The lowest BCUT2D eigenvalue weighted by molar-refractivity contribution is -0.677. The van der Waals surface area contributed by atoms with E-state index in [0.29, 0.717) is 36.0 Å². The molecule has 2 aromatic carbocycles. The van der Waals surface area contributed by atoms with Gasteiger partial charge >= 0.3 is 0 Å². The number of aliphatic hydroxyl groups excluding tert-OH is 1. The van der Waals surface area contributed by atoms with E-state index in [1.807, 2.05) is 62.1 Å². The number of imidazole rings is 1. The number of nitrogens with zero attached hydrogens (tertiary/aromatic N) is 3. The Morgan fingerprint density at radius 3 is 2.51 bits per heavy atom. The van der Waals surface area contributed by atoms with Crippen LogP contribution in [0.5, 0.6) is 5.75 Å². The number of H-pyrrole nitrogens is 1. The predicted molar refractivity (Wildman–Crippen MR) is 142 cm³/mol. The van der Waals surface area contributed by atoms with E-state index >= 15 is 0 Å². The summed E-state index contributed by atoms with van der Waals surface area (Å²) in [5.74, 6) is 1.48. The summed E-state index contributed by atoms with van der Waals surface area (Å²) in [7, 11) is -1.72. The molecule has 0 saturated carbocycles. The summed E-state index contributed by atoms with van der Waals surface area (Å²) in [5.41, 5.74) is 0.568. The Hall–Kier alpha value is -2.59. The number of piperidine rings is 1. The van der Waals surface area contributed by atoms with Crippen LogP contribution in [-0.4, -0.2) is 47.6 Å². The molecule has 1 fully saturated rings. The predicted octanol–water partition coefficient (Wildman–Crippen LogP) is 3.95. The van der Waals surface area contributed by atoms with Crippen molar-refractivity contribution in [2.45, 2.75) is 62.3 Å². The van der Waals surface area contributed by atoms with Gasteiger partial charge in [-0.15, -0.1) is 0 Å². The SMILES string of the molecule is C[n+]1cc[nH]c1CN(c1ccc(Cl)cc1)[C@@H]1c2cc(S(=O)(=O)N3CCCCC3)ccc2OC(C)(C)[C@H]1O. The Morgan fingerprint density at radius 2 is 1.86 bits per heavy atom. The number of nitrogens with one attached hydrogen (secondary N) is 1. The van der Waals surface area contributed by atoms with E-state index in [1.54, 1.807) is 22.5 Å². The minimum absolute atomic E-state index is 0.218. The van der Waals surface area contributed by atoms with Gasteiger partial charge in [-0.05, 0) is 69.2 Å². The van der Waals surface area contributed by atoms with Crippen molar-refractivity contribution in [1.29, 1.82) is 0 Å². The van der Waals surface area contributed by atoms with E-state index in [4.69, 9.17) is 16.3 Å². The van der Waals surface area contributed by atoms with Gasteiger partial charge in [0.05, 0.1) is 18.0 Å². The molecule has 2 N–H and O–H groups in total. The first-order valence-corrected chi connectivity index (χ1v) is 14.4. The Balaban J connectivity index is 1.64. The molecule has 0 aliphatic carbocycles. The fourth-order valence-electron chi connectivity index (χ4n) is 5.24. The molecule has 2 aliphatic heterocycles. The van der Waals surface area contributed by atoms with Crippen LogP contribution in [0.2, 0.25) is 5.02 Å². The van der Waals surface area contributed by atoms with Gasteiger partial charge in [-0.25, -0.2) is 18.0 Å². The van der Waals surface area contributed by atoms with E-state index in [0.717, 1.165) is 30.8 Å². The number of aryl methyl sites for hydroxylation is 1. The number of halogens is 1. The minimum atomic E-state index is -3.67. The summed E-state index contributed by atoms with van der Waals surface area (Å²) in [6, 6.07) is 11.9. The lowest BCUT2D eigenvalue weighted by Gasteiger charge is -2.46. The zero-order valence-electron chi connectivity index (χ0n) is 21.4. The van der Waals surface area contributed by atoms with Gasteiger partial charge in [-0.1, -0.05) is 18.0 Å². The van der Waals surface area contributed by atoms with Gasteiger partial charge in [0.1, 0.15) is 36.4 Å². The number of rotatable bonds is 6. The second-order valence-corrected chi connectivity index (χ2v) is 12.8. The molecule has 2 atom stereocenters.